The maximum atomic E-state index is 10.6. The maximum Gasteiger partial charge on any atom is 0.239 e. The van der Waals surface area contributed by atoms with Crippen molar-refractivity contribution in [2.45, 2.75) is 6.92 Å². The molecule has 0 atom stereocenters. The van der Waals surface area contributed by atoms with Crippen molar-refractivity contribution in [2.24, 2.45) is 0 Å². The molecule has 0 aliphatic heterocycles. The average molecular weight is 155 g/mol. The number of rotatable bonds is 4. The molecule has 0 radical (unpaired) electrons. The Hall–Kier alpha value is -1.32. The lowest BCUT2D eigenvalue weighted by atomic mass is 10.4. The van der Waals surface area contributed by atoms with E-state index in [1.807, 2.05) is 0 Å². The Kier molecular flexibility index (Phi) is 4.81. The van der Waals surface area contributed by atoms with Crippen LogP contribution in [0.1, 0.15) is 6.92 Å². The second kappa shape index (κ2) is 5.46. The van der Waals surface area contributed by atoms with E-state index in [1.54, 1.807) is 20.2 Å². The fraction of sp³-hybridized carbons (Fsp3) is 0.429. The van der Waals surface area contributed by atoms with Gasteiger partial charge in [-0.05, 0) is 12.5 Å². The van der Waals surface area contributed by atoms with Crippen LogP contribution in [0.3, 0.4) is 0 Å². The Morgan fingerprint density at radius 3 is 2.73 bits per heavy atom. The minimum absolute atomic E-state index is 0.0703. The normalized spacial score (nSPS) is 10.5. The van der Waals surface area contributed by atoms with Gasteiger partial charge in [0.15, 0.2) is 0 Å². The highest BCUT2D eigenvalue weighted by Gasteiger charge is 1.91. The zero-order valence-corrected chi connectivity index (χ0v) is 6.77. The van der Waals surface area contributed by atoms with Crippen LogP contribution in [0, 0.1) is 5.41 Å². The molecule has 0 aromatic rings. The second-order valence-electron chi connectivity index (χ2n) is 2.09. The zero-order valence-electron chi connectivity index (χ0n) is 6.77. The van der Waals surface area contributed by atoms with E-state index < -0.39 is 0 Å². The summed E-state index contributed by atoms with van der Waals surface area (Å²) >= 11 is 0. The number of allylic oxidation sites excluding steroid dienone is 1. The van der Waals surface area contributed by atoms with Gasteiger partial charge in [0.25, 0.3) is 0 Å². The molecular formula is C7H13N3O. The number of hydrogen-bond acceptors (Lipinski definition) is 3. The van der Waals surface area contributed by atoms with Crippen LogP contribution in [-0.2, 0) is 4.79 Å². The monoisotopic (exact) mass is 155 g/mol. The summed E-state index contributed by atoms with van der Waals surface area (Å²) in [6.45, 7) is 2.03. The van der Waals surface area contributed by atoms with E-state index in [2.05, 4.69) is 10.6 Å². The summed E-state index contributed by atoms with van der Waals surface area (Å²) in [6.07, 6.45) is 2.85. The van der Waals surface area contributed by atoms with Gasteiger partial charge < -0.3 is 16.0 Å². The van der Waals surface area contributed by atoms with Crippen molar-refractivity contribution < 1.29 is 4.79 Å². The molecule has 0 bridgehead atoms. The van der Waals surface area contributed by atoms with Crippen LogP contribution in [0.2, 0.25) is 0 Å². The van der Waals surface area contributed by atoms with Crippen LogP contribution >= 0.6 is 0 Å². The van der Waals surface area contributed by atoms with E-state index in [1.165, 1.54) is 6.21 Å². The first-order valence-corrected chi connectivity index (χ1v) is 3.32. The smallest absolute Gasteiger partial charge is 0.239 e. The number of carbonyl (C=O) groups is 1. The summed E-state index contributed by atoms with van der Waals surface area (Å²) in [5.41, 5.74) is 0.786. The number of amides is 1. The van der Waals surface area contributed by atoms with Gasteiger partial charge in [-0.15, -0.1) is 0 Å². The van der Waals surface area contributed by atoms with Gasteiger partial charge in [0.1, 0.15) is 0 Å². The molecule has 1 amide bonds. The molecule has 11 heavy (non-hydrogen) atoms. The highest BCUT2D eigenvalue weighted by atomic mass is 16.1. The third kappa shape index (κ3) is 5.14. The minimum atomic E-state index is -0.0703. The molecule has 0 saturated carbocycles. The minimum Gasteiger partial charge on any atom is -0.382 e. The SMILES string of the molecule is CNC(=O)CN/C=C(/C)C=N. The topological polar surface area (TPSA) is 65.0 Å². The lowest BCUT2D eigenvalue weighted by Gasteiger charge is -1.98. The average Bonchev–Trinajstić information content (AvgIpc) is 2.04. The van der Waals surface area contributed by atoms with Crippen molar-refractivity contribution in [1.29, 1.82) is 5.41 Å². The standard InChI is InChI=1S/C7H13N3O/c1-6(3-8)4-10-5-7(11)9-2/h3-4,8,10H,5H2,1-2H3,(H,9,11)/b6-4-,8-3?. The molecular weight excluding hydrogens is 142 g/mol. The molecule has 3 N–H and O–H groups in total. The zero-order chi connectivity index (χ0) is 8.69. The highest BCUT2D eigenvalue weighted by molar-refractivity contribution is 5.78. The maximum absolute atomic E-state index is 10.6. The summed E-state index contributed by atoms with van der Waals surface area (Å²) in [4.78, 5) is 10.6. The van der Waals surface area contributed by atoms with Crippen molar-refractivity contribution >= 4 is 12.1 Å². The Bertz CT molecular complexity index is 175. The van der Waals surface area contributed by atoms with E-state index in [9.17, 15) is 4.79 Å². The van der Waals surface area contributed by atoms with Gasteiger partial charge in [-0.25, -0.2) is 0 Å². The van der Waals surface area contributed by atoms with E-state index in [4.69, 9.17) is 5.41 Å². The molecule has 0 aromatic heterocycles. The number of nitrogens with one attached hydrogen (secondary N) is 3. The molecule has 4 nitrogen and oxygen atoms in total. The number of carbonyl (C=O) groups excluding carboxylic acids is 1. The summed E-state index contributed by atoms with van der Waals surface area (Å²) in [6, 6.07) is 0. The van der Waals surface area contributed by atoms with Crippen molar-refractivity contribution in [3.63, 3.8) is 0 Å². The summed E-state index contributed by atoms with van der Waals surface area (Å²) in [7, 11) is 1.58. The van der Waals surface area contributed by atoms with E-state index in [-0.39, 0.29) is 12.5 Å². The molecule has 0 spiro atoms. The Morgan fingerprint density at radius 1 is 1.64 bits per heavy atom. The van der Waals surface area contributed by atoms with Gasteiger partial charge in [0.05, 0.1) is 6.54 Å². The van der Waals surface area contributed by atoms with Crippen LogP contribution in [0.4, 0.5) is 0 Å². The molecule has 0 aliphatic carbocycles. The fourth-order valence-corrected chi connectivity index (χ4v) is 0.435. The lowest BCUT2D eigenvalue weighted by Crippen LogP contribution is -2.28. The van der Waals surface area contributed by atoms with Crippen LogP contribution in [0.15, 0.2) is 11.8 Å². The van der Waals surface area contributed by atoms with E-state index >= 15 is 0 Å². The molecule has 0 unspecified atom stereocenters. The van der Waals surface area contributed by atoms with Gasteiger partial charge in [-0.1, -0.05) is 0 Å². The predicted octanol–water partition coefficient (Wildman–Crippen LogP) is -0.125. The van der Waals surface area contributed by atoms with Crippen molar-refractivity contribution in [1.82, 2.24) is 10.6 Å². The summed E-state index contributed by atoms with van der Waals surface area (Å²) in [5, 5.41) is 12.0. The first-order valence-electron chi connectivity index (χ1n) is 3.32. The second-order valence-corrected chi connectivity index (χ2v) is 2.09. The first-order chi connectivity index (χ1) is 5.20. The molecule has 0 aromatic carbocycles. The van der Waals surface area contributed by atoms with Crippen molar-refractivity contribution in [3.8, 4) is 0 Å². The molecule has 0 saturated heterocycles. The molecule has 0 rings (SSSR count). The molecule has 62 valence electrons. The molecule has 4 heteroatoms. The van der Waals surface area contributed by atoms with Gasteiger partial charge >= 0.3 is 0 Å². The van der Waals surface area contributed by atoms with Crippen molar-refractivity contribution in [3.05, 3.63) is 11.8 Å². The third-order valence-corrected chi connectivity index (χ3v) is 1.10. The van der Waals surface area contributed by atoms with Crippen LogP contribution in [0.25, 0.3) is 0 Å². The molecule has 0 aliphatic rings. The number of hydrogen-bond donors (Lipinski definition) is 3. The summed E-state index contributed by atoms with van der Waals surface area (Å²) in [5.74, 6) is -0.0703. The van der Waals surface area contributed by atoms with Gasteiger partial charge in [-0.3, -0.25) is 4.79 Å². The lowest BCUT2D eigenvalue weighted by molar-refractivity contribution is -0.119. The highest BCUT2D eigenvalue weighted by Crippen LogP contribution is 1.80. The number of likely N-dealkylation sites (N-methyl/N-ethyl adjacent to an activating group) is 1. The first kappa shape index (κ1) is 9.68. The third-order valence-electron chi connectivity index (χ3n) is 1.10. The summed E-state index contributed by atoms with van der Waals surface area (Å²) < 4.78 is 0. The molecule has 0 heterocycles. The van der Waals surface area contributed by atoms with Gasteiger partial charge in [-0.2, -0.15) is 0 Å². The largest absolute Gasteiger partial charge is 0.382 e. The fourth-order valence-electron chi connectivity index (χ4n) is 0.435. The van der Waals surface area contributed by atoms with E-state index in [0.717, 1.165) is 5.57 Å². The molecule has 0 fully saturated rings. The predicted molar refractivity (Wildman–Crippen MR) is 44.6 cm³/mol. The quantitative estimate of drug-likeness (QED) is 0.495. The van der Waals surface area contributed by atoms with Crippen LogP contribution in [0.5, 0.6) is 0 Å². The van der Waals surface area contributed by atoms with Crippen molar-refractivity contribution in [2.75, 3.05) is 13.6 Å². The Labute approximate surface area is 66.2 Å². The Morgan fingerprint density at radius 2 is 2.27 bits per heavy atom. The van der Waals surface area contributed by atoms with Crippen LogP contribution < -0.4 is 10.6 Å². The van der Waals surface area contributed by atoms with Gasteiger partial charge in [0, 0.05) is 19.5 Å². The van der Waals surface area contributed by atoms with Gasteiger partial charge in [0.2, 0.25) is 5.91 Å². The van der Waals surface area contributed by atoms with E-state index in [0.29, 0.717) is 0 Å². The van der Waals surface area contributed by atoms with Crippen LogP contribution in [-0.4, -0.2) is 25.7 Å². The Balaban J connectivity index is 3.56.